The molecule has 172 valence electrons. The maximum Gasteiger partial charge on any atom is 0.259 e. The van der Waals surface area contributed by atoms with Gasteiger partial charge < -0.3 is 14.5 Å². The summed E-state index contributed by atoms with van der Waals surface area (Å²) in [6, 6.07) is 8.35. The molecular formula is C26H25FN6O. The zero-order valence-corrected chi connectivity index (χ0v) is 19.1. The van der Waals surface area contributed by atoms with Crippen molar-refractivity contribution in [3.05, 3.63) is 77.4 Å². The second-order valence-electron chi connectivity index (χ2n) is 9.45. The minimum Gasteiger partial charge on any atom is -0.327 e. The Morgan fingerprint density at radius 2 is 2.06 bits per heavy atom. The average molecular weight is 457 g/mol. The van der Waals surface area contributed by atoms with Crippen LogP contribution in [0.5, 0.6) is 0 Å². The third-order valence-electron chi connectivity index (χ3n) is 6.62. The standard InChI is InChI=1S/C26H25FN6O/c1-15-8-18-11-28-25(33(18)12-15)21-4-3-5-24(30-21)31-26(34)19-10-23(16(2)9-20(19)27)32-13-22(29-14-32)17-6-7-17/h3-5,9-11,13-15,17H,6-8,12H2,1-2H3,(H,30,31,34)/t15-/m1/s1. The number of hydrogen-bond acceptors (Lipinski definition) is 4. The van der Waals surface area contributed by atoms with E-state index >= 15 is 0 Å². The van der Waals surface area contributed by atoms with Gasteiger partial charge in [0.25, 0.3) is 5.91 Å². The summed E-state index contributed by atoms with van der Waals surface area (Å²) >= 11 is 0. The van der Waals surface area contributed by atoms with Crippen molar-refractivity contribution >= 4 is 11.7 Å². The van der Waals surface area contributed by atoms with Crippen LogP contribution in [0.2, 0.25) is 0 Å². The summed E-state index contributed by atoms with van der Waals surface area (Å²) in [5.74, 6) is 1.10. The molecule has 4 heterocycles. The fourth-order valence-electron chi connectivity index (χ4n) is 4.70. The highest BCUT2D eigenvalue weighted by Gasteiger charge is 2.26. The number of pyridine rings is 1. The van der Waals surface area contributed by atoms with Crippen molar-refractivity contribution in [2.45, 2.75) is 45.6 Å². The van der Waals surface area contributed by atoms with Crippen LogP contribution >= 0.6 is 0 Å². The van der Waals surface area contributed by atoms with E-state index in [9.17, 15) is 9.18 Å². The minimum atomic E-state index is -0.572. The topological polar surface area (TPSA) is 77.6 Å². The molecule has 7 nitrogen and oxygen atoms in total. The van der Waals surface area contributed by atoms with E-state index in [4.69, 9.17) is 0 Å². The molecule has 8 heteroatoms. The number of rotatable bonds is 5. The van der Waals surface area contributed by atoms with Gasteiger partial charge in [-0.3, -0.25) is 4.79 Å². The summed E-state index contributed by atoms with van der Waals surface area (Å²) in [5, 5.41) is 2.76. The maximum absolute atomic E-state index is 14.8. The largest absolute Gasteiger partial charge is 0.327 e. The molecule has 3 aromatic heterocycles. The van der Waals surface area contributed by atoms with E-state index in [0.29, 0.717) is 23.3 Å². The highest BCUT2D eigenvalue weighted by atomic mass is 19.1. The lowest BCUT2D eigenvalue weighted by Crippen LogP contribution is -2.16. The van der Waals surface area contributed by atoms with Crippen LogP contribution in [-0.4, -0.2) is 30.0 Å². The number of halogens is 1. The molecule has 2 aliphatic rings. The Morgan fingerprint density at radius 1 is 1.21 bits per heavy atom. The van der Waals surface area contributed by atoms with E-state index in [2.05, 4.69) is 31.8 Å². The van der Waals surface area contributed by atoms with Crippen LogP contribution in [0, 0.1) is 18.7 Å². The first-order chi connectivity index (χ1) is 16.5. The number of imidazole rings is 2. The fourth-order valence-corrected chi connectivity index (χ4v) is 4.70. The minimum absolute atomic E-state index is 0.0370. The predicted octanol–water partition coefficient (Wildman–Crippen LogP) is 4.90. The number of anilines is 1. The molecular weight excluding hydrogens is 431 g/mol. The summed E-state index contributed by atoms with van der Waals surface area (Å²) in [5.41, 5.74) is 4.33. The molecule has 1 aliphatic carbocycles. The van der Waals surface area contributed by atoms with Crippen molar-refractivity contribution in [2.75, 3.05) is 5.32 Å². The van der Waals surface area contributed by atoms with E-state index in [-0.39, 0.29) is 5.56 Å². The Balaban J connectivity index is 1.27. The number of nitrogens with zero attached hydrogens (tertiary/aromatic N) is 5. The summed E-state index contributed by atoms with van der Waals surface area (Å²) in [6.45, 7) is 4.94. The summed E-state index contributed by atoms with van der Waals surface area (Å²) < 4.78 is 18.8. The van der Waals surface area contributed by atoms with E-state index in [1.165, 1.54) is 11.8 Å². The van der Waals surface area contributed by atoms with E-state index in [1.54, 1.807) is 18.5 Å². The van der Waals surface area contributed by atoms with Crippen molar-refractivity contribution in [2.24, 2.45) is 5.92 Å². The lowest BCUT2D eigenvalue weighted by molar-refractivity contribution is 0.102. The number of amides is 1. The molecule has 1 aromatic carbocycles. The molecule has 1 saturated carbocycles. The fraction of sp³-hybridized carbons (Fsp3) is 0.308. The van der Waals surface area contributed by atoms with Gasteiger partial charge in [-0.1, -0.05) is 13.0 Å². The molecule has 1 amide bonds. The molecule has 1 aliphatic heterocycles. The second-order valence-corrected chi connectivity index (χ2v) is 9.45. The van der Waals surface area contributed by atoms with Crippen molar-refractivity contribution in [1.29, 1.82) is 0 Å². The van der Waals surface area contributed by atoms with Gasteiger partial charge in [0.2, 0.25) is 0 Å². The van der Waals surface area contributed by atoms with Crippen LogP contribution in [0.25, 0.3) is 17.2 Å². The molecule has 1 N–H and O–H groups in total. The SMILES string of the molecule is Cc1cc(F)c(C(=O)Nc2cccc(-c3ncc4n3C[C@H](C)C4)n2)cc1-n1cnc(C2CC2)c1. The van der Waals surface area contributed by atoms with Crippen LogP contribution in [0.1, 0.15) is 53.0 Å². The number of hydrogen-bond donors (Lipinski definition) is 1. The van der Waals surface area contributed by atoms with Crippen LogP contribution in [-0.2, 0) is 13.0 Å². The molecule has 4 aromatic rings. The quantitative estimate of drug-likeness (QED) is 0.463. The molecule has 34 heavy (non-hydrogen) atoms. The van der Waals surface area contributed by atoms with Crippen molar-refractivity contribution < 1.29 is 9.18 Å². The van der Waals surface area contributed by atoms with Crippen molar-refractivity contribution in [1.82, 2.24) is 24.1 Å². The van der Waals surface area contributed by atoms with Gasteiger partial charge in [0.1, 0.15) is 17.3 Å². The van der Waals surface area contributed by atoms with Crippen molar-refractivity contribution in [3.8, 4) is 17.2 Å². The number of benzene rings is 1. The Bertz CT molecular complexity index is 1420. The molecule has 1 atom stereocenters. The Hall–Kier alpha value is -3.81. The Morgan fingerprint density at radius 3 is 2.88 bits per heavy atom. The van der Waals surface area contributed by atoms with Crippen LogP contribution in [0.15, 0.2) is 49.1 Å². The molecule has 0 radical (unpaired) electrons. The second kappa shape index (κ2) is 7.90. The molecule has 0 unspecified atom stereocenters. The summed E-state index contributed by atoms with van der Waals surface area (Å²) in [6.07, 6.45) is 8.88. The van der Waals surface area contributed by atoms with Gasteiger partial charge in [0.15, 0.2) is 5.82 Å². The number of nitrogens with one attached hydrogen (secondary N) is 1. The number of fused-ring (bicyclic) bond motifs is 1. The lowest BCUT2D eigenvalue weighted by atomic mass is 10.1. The predicted molar refractivity (Wildman–Crippen MR) is 127 cm³/mol. The normalized spacial score (nSPS) is 17.1. The van der Waals surface area contributed by atoms with Gasteiger partial charge in [-0.25, -0.2) is 19.3 Å². The highest BCUT2D eigenvalue weighted by molar-refractivity contribution is 6.04. The average Bonchev–Trinajstić information content (AvgIpc) is 3.23. The molecule has 0 bridgehead atoms. The van der Waals surface area contributed by atoms with Gasteiger partial charge in [0, 0.05) is 30.6 Å². The molecule has 1 fully saturated rings. The van der Waals surface area contributed by atoms with Gasteiger partial charge in [-0.15, -0.1) is 0 Å². The Kier molecular flexibility index (Phi) is 4.83. The summed E-state index contributed by atoms with van der Waals surface area (Å²) in [7, 11) is 0. The van der Waals surface area contributed by atoms with Crippen molar-refractivity contribution in [3.63, 3.8) is 0 Å². The van der Waals surface area contributed by atoms with E-state index in [1.807, 2.05) is 36.0 Å². The monoisotopic (exact) mass is 456 g/mol. The summed E-state index contributed by atoms with van der Waals surface area (Å²) in [4.78, 5) is 26.6. The number of carbonyl (C=O) groups is 1. The Labute approximate surface area is 196 Å². The van der Waals surface area contributed by atoms with E-state index in [0.717, 1.165) is 48.6 Å². The first kappa shape index (κ1) is 20.8. The van der Waals surface area contributed by atoms with Gasteiger partial charge >= 0.3 is 0 Å². The zero-order chi connectivity index (χ0) is 23.4. The zero-order valence-electron chi connectivity index (χ0n) is 19.1. The smallest absolute Gasteiger partial charge is 0.259 e. The van der Waals surface area contributed by atoms with Gasteiger partial charge in [-0.05, 0) is 61.9 Å². The van der Waals surface area contributed by atoms with Crippen LogP contribution in [0.3, 0.4) is 0 Å². The van der Waals surface area contributed by atoms with E-state index < -0.39 is 11.7 Å². The molecule has 0 spiro atoms. The third kappa shape index (κ3) is 3.69. The number of aryl methyl sites for hydroxylation is 1. The lowest BCUT2D eigenvalue weighted by Gasteiger charge is -2.12. The molecule has 6 rings (SSSR count). The van der Waals surface area contributed by atoms with Crippen LogP contribution < -0.4 is 5.32 Å². The van der Waals surface area contributed by atoms with Crippen LogP contribution in [0.4, 0.5) is 10.2 Å². The third-order valence-corrected chi connectivity index (χ3v) is 6.62. The number of aromatic nitrogens is 5. The maximum atomic E-state index is 14.8. The first-order valence-corrected chi connectivity index (χ1v) is 11.6. The first-order valence-electron chi connectivity index (χ1n) is 11.6. The molecule has 0 saturated heterocycles. The number of carbonyl (C=O) groups excluding carboxylic acids is 1. The highest BCUT2D eigenvalue weighted by Crippen LogP contribution is 2.39. The van der Waals surface area contributed by atoms with Gasteiger partial charge in [0.05, 0.1) is 23.3 Å². The van der Waals surface area contributed by atoms with Gasteiger partial charge in [-0.2, -0.15) is 0 Å².